The molecule has 132 valence electrons. The maximum absolute atomic E-state index is 12.7. The topological polar surface area (TPSA) is 78.7 Å². The Bertz CT molecular complexity index is 608. The molecule has 1 aromatic heterocycles. The number of hydrogen-bond donors (Lipinski definition) is 1. The predicted octanol–water partition coefficient (Wildman–Crippen LogP) is 0.503. The minimum atomic E-state index is -0.138. The molecule has 2 amide bonds. The van der Waals surface area contributed by atoms with Gasteiger partial charge in [0.25, 0.3) is 0 Å². The van der Waals surface area contributed by atoms with Crippen molar-refractivity contribution in [3.05, 3.63) is 17.0 Å². The van der Waals surface area contributed by atoms with E-state index in [4.69, 9.17) is 4.52 Å². The third-order valence-electron chi connectivity index (χ3n) is 5.13. The molecule has 2 bridgehead atoms. The molecule has 7 heteroatoms. The number of amides is 2. The summed E-state index contributed by atoms with van der Waals surface area (Å²) < 4.78 is 5.16. The molecular formula is C17H26N4O3. The molecule has 0 aliphatic carbocycles. The highest BCUT2D eigenvalue weighted by molar-refractivity contribution is 5.83. The molecule has 2 fully saturated rings. The lowest BCUT2D eigenvalue weighted by Crippen LogP contribution is -2.49. The Hall–Kier alpha value is -1.89. The Morgan fingerprint density at radius 1 is 1.29 bits per heavy atom. The van der Waals surface area contributed by atoms with E-state index in [1.54, 1.807) is 0 Å². The first-order valence-electron chi connectivity index (χ1n) is 8.70. The van der Waals surface area contributed by atoms with Gasteiger partial charge in [-0.2, -0.15) is 0 Å². The predicted molar refractivity (Wildman–Crippen MR) is 88.4 cm³/mol. The minimum absolute atomic E-state index is 0.0213. The Morgan fingerprint density at radius 2 is 2.08 bits per heavy atom. The lowest BCUT2D eigenvalue weighted by Gasteiger charge is -2.32. The summed E-state index contributed by atoms with van der Waals surface area (Å²) in [7, 11) is 0. The summed E-state index contributed by atoms with van der Waals surface area (Å²) in [5, 5.41) is 7.01. The van der Waals surface area contributed by atoms with Crippen LogP contribution in [0.1, 0.15) is 30.4 Å². The standard InChI is InChI=1S/C17H26N4O3/c1-4-20-7-13-8-21(10-14(9-20)18-17(13)23)16(22)6-5-15-11(2)19-24-12(15)3/h13-14H,4-10H2,1-3H3,(H,18,23)/t13-,14+/m1/s1. The fraction of sp³-hybridized carbons (Fsp3) is 0.706. The van der Waals surface area contributed by atoms with Crippen LogP contribution in [0.5, 0.6) is 0 Å². The molecule has 1 N–H and O–H groups in total. The molecule has 2 atom stereocenters. The van der Waals surface area contributed by atoms with Gasteiger partial charge in [0, 0.05) is 38.2 Å². The molecule has 2 aliphatic rings. The smallest absolute Gasteiger partial charge is 0.226 e. The van der Waals surface area contributed by atoms with Crippen molar-refractivity contribution in [1.29, 1.82) is 0 Å². The summed E-state index contributed by atoms with van der Waals surface area (Å²) in [5.41, 5.74) is 1.87. The van der Waals surface area contributed by atoms with Crippen molar-refractivity contribution in [1.82, 2.24) is 20.3 Å². The van der Waals surface area contributed by atoms with Gasteiger partial charge in [0.15, 0.2) is 0 Å². The van der Waals surface area contributed by atoms with Crippen molar-refractivity contribution >= 4 is 11.8 Å². The highest BCUT2D eigenvalue weighted by atomic mass is 16.5. The van der Waals surface area contributed by atoms with Gasteiger partial charge < -0.3 is 19.6 Å². The van der Waals surface area contributed by atoms with Crippen molar-refractivity contribution in [2.75, 3.05) is 32.7 Å². The molecule has 0 aromatic carbocycles. The van der Waals surface area contributed by atoms with E-state index in [0.717, 1.165) is 36.7 Å². The largest absolute Gasteiger partial charge is 0.361 e. The molecule has 0 radical (unpaired) electrons. The lowest BCUT2D eigenvalue weighted by molar-refractivity contribution is -0.132. The number of nitrogens with one attached hydrogen (secondary N) is 1. The second-order valence-electron chi connectivity index (χ2n) is 6.86. The third-order valence-corrected chi connectivity index (χ3v) is 5.13. The van der Waals surface area contributed by atoms with E-state index in [1.165, 1.54) is 0 Å². The molecule has 24 heavy (non-hydrogen) atoms. The van der Waals surface area contributed by atoms with E-state index >= 15 is 0 Å². The van der Waals surface area contributed by atoms with Gasteiger partial charge in [-0.3, -0.25) is 9.59 Å². The van der Waals surface area contributed by atoms with Gasteiger partial charge >= 0.3 is 0 Å². The van der Waals surface area contributed by atoms with Gasteiger partial charge in [-0.1, -0.05) is 12.1 Å². The van der Waals surface area contributed by atoms with Crippen LogP contribution in [-0.2, 0) is 16.0 Å². The second-order valence-corrected chi connectivity index (χ2v) is 6.86. The summed E-state index contributed by atoms with van der Waals surface area (Å²) in [4.78, 5) is 29.1. The monoisotopic (exact) mass is 334 g/mol. The zero-order valence-corrected chi connectivity index (χ0v) is 14.7. The quantitative estimate of drug-likeness (QED) is 0.868. The number of carbonyl (C=O) groups excluding carboxylic acids is 2. The summed E-state index contributed by atoms with van der Waals surface area (Å²) in [6, 6.07) is 0.0213. The average molecular weight is 334 g/mol. The zero-order valence-electron chi connectivity index (χ0n) is 14.7. The van der Waals surface area contributed by atoms with E-state index in [9.17, 15) is 9.59 Å². The second kappa shape index (κ2) is 6.93. The van der Waals surface area contributed by atoms with E-state index in [1.807, 2.05) is 18.7 Å². The van der Waals surface area contributed by atoms with Crippen molar-refractivity contribution in [3.8, 4) is 0 Å². The van der Waals surface area contributed by atoms with Gasteiger partial charge in [-0.15, -0.1) is 0 Å². The van der Waals surface area contributed by atoms with E-state index < -0.39 is 0 Å². The number of likely N-dealkylation sites (N-methyl/N-ethyl adjacent to an activating group) is 1. The van der Waals surface area contributed by atoms with Gasteiger partial charge in [-0.25, -0.2) is 0 Å². The van der Waals surface area contributed by atoms with Gasteiger partial charge in [0.1, 0.15) is 5.76 Å². The van der Waals surface area contributed by atoms with Crippen molar-refractivity contribution < 1.29 is 14.1 Å². The van der Waals surface area contributed by atoms with Crippen LogP contribution in [0.15, 0.2) is 4.52 Å². The first-order valence-corrected chi connectivity index (χ1v) is 8.70. The maximum Gasteiger partial charge on any atom is 0.226 e. The molecule has 3 rings (SSSR count). The third kappa shape index (κ3) is 3.45. The number of nitrogens with zero attached hydrogens (tertiary/aromatic N) is 3. The number of rotatable bonds is 4. The van der Waals surface area contributed by atoms with E-state index in [0.29, 0.717) is 25.9 Å². The van der Waals surface area contributed by atoms with Gasteiger partial charge in [0.2, 0.25) is 11.8 Å². The SMILES string of the molecule is CCN1C[C@H]2CN(C(=O)CCc3c(C)noc3C)C[C@@H](C1)C(=O)N2. The first-order chi connectivity index (χ1) is 11.5. The fourth-order valence-electron chi connectivity index (χ4n) is 3.71. The van der Waals surface area contributed by atoms with Crippen LogP contribution in [0, 0.1) is 19.8 Å². The molecule has 2 aliphatic heterocycles. The molecule has 0 saturated carbocycles. The normalized spacial score (nSPS) is 24.6. The molecular weight excluding hydrogens is 308 g/mol. The van der Waals surface area contributed by atoms with Crippen molar-refractivity contribution in [3.63, 3.8) is 0 Å². The zero-order chi connectivity index (χ0) is 17.3. The molecule has 3 heterocycles. The molecule has 2 saturated heterocycles. The molecule has 1 aromatic rings. The number of carbonyl (C=O) groups is 2. The number of hydrogen-bond acceptors (Lipinski definition) is 5. The number of aryl methyl sites for hydroxylation is 2. The van der Waals surface area contributed by atoms with Crippen LogP contribution < -0.4 is 5.32 Å². The Balaban J connectivity index is 1.65. The Labute approximate surface area is 142 Å². The number of aromatic nitrogens is 1. The summed E-state index contributed by atoms with van der Waals surface area (Å²) in [6.45, 7) is 9.46. The average Bonchev–Trinajstić information content (AvgIpc) is 2.69. The van der Waals surface area contributed by atoms with Crippen molar-refractivity contribution in [2.24, 2.45) is 5.92 Å². The molecule has 7 nitrogen and oxygen atoms in total. The summed E-state index contributed by atoms with van der Waals surface area (Å²) in [6.07, 6.45) is 1.06. The summed E-state index contributed by atoms with van der Waals surface area (Å²) >= 11 is 0. The fourth-order valence-corrected chi connectivity index (χ4v) is 3.71. The van der Waals surface area contributed by atoms with Crippen molar-refractivity contribution in [2.45, 2.75) is 39.7 Å². The lowest BCUT2D eigenvalue weighted by atomic mass is 10.1. The minimum Gasteiger partial charge on any atom is -0.361 e. The highest BCUT2D eigenvalue weighted by Crippen LogP contribution is 2.19. The Morgan fingerprint density at radius 3 is 2.75 bits per heavy atom. The molecule has 0 spiro atoms. The van der Waals surface area contributed by atoms with Gasteiger partial charge in [0.05, 0.1) is 17.7 Å². The summed E-state index contributed by atoms with van der Waals surface area (Å²) in [5.74, 6) is 0.826. The van der Waals surface area contributed by atoms with Crippen LogP contribution >= 0.6 is 0 Å². The van der Waals surface area contributed by atoms with Crippen LogP contribution in [0.25, 0.3) is 0 Å². The Kier molecular flexibility index (Phi) is 4.89. The number of fused-ring (bicyclic) bond motifs is 3. The van der Waals surface area contributed by atoms with Gasteiger partial charge in [-0.05, 0) is 26.8 Å². The van der Waals surface area contributed by atoms with Crippen LogP contribution in [-0.4, -0.2) is 65.5 Å². The first kappa shape index (κ1) is 17.0. The van der Waals surface area contributed by atoms with Crippen LogP contribution in [0.3, 0.4) is 0 Å². The molecule has 0 unspecified atom stereocenters. The van der Waals surface area contributed by atoms with Crippen LogP contribution in [0.4, 0.5) is 0 Å². The van der Waals surface area contributed by atoms with E-state index in [2.05, 4.69) is 22.3 Å². The van der Waals surface area contributed by atoms with Crippen LogP contribution in [0.2, 0.25) is 0 Å². The maximum atomic E-state index is 12.7. The van der Waals surface area contributed by atoms with E-state index in [-0.39, 0.29) is 23.8 Å². The highest BCUT2D eigenvalue weighted by Gasteiger charge is 2.36.